The van der Waals surface area contributed by atoms with Crippen LogP contribution in [0.3, 0.4) is 0 Å². The largest absolute Gasteiger partial charge is 0.454 e. The Morgan fingerprint density at radius 1 is 0.846 bits per heavy atom. The van der Waals surface area contributed by atoms with Gasteiger partial charge in [0.15, 0.2) is 5.58 Å². The van der Waals surface area contributed by atoms with Crippen LogP contribution in [0, 0.1) is 13.8 Å². The van der Waals surface area contributed by atoms with Crippen molar-refractivity contribution in [3.05, 3.63) is 77.4 Å². The molecule has 0 fully saturated rings. The Hall–Kier alpha value is -2.87. The maximum absolute atomic E-state index is 6.14. The maximum atomic E-state index is 6.14. The summed E-state index contributed by atoms with van der Waals surface area (Å²) in [6, 6.07) is 21.0. The molecule has 0 aliphatic carbocycles. The molecular weight excluding hydrogens is 318 g/mol. The molecule has 0 bridgehead atoms. The molecule has 0 N–H and O–H groups in total. The molecule has 26 heavy (non-hydrogen) atoms. The zero-order valence-corrected chi connectivity index (χ0v) is 15.7. The minimum atomic E-state index is -0.158. The van der Waals surface area contributed by atoms with Crippen LogP contribution in [0.4, 0.5) is 5.69 Å². The van der Waals surface area contributed by atoms with Crippen LogP contribution in [0.15, 0.2) is 70.1 Å². The van der Waals surface area contributed by atoms with Crippen LogP contribution < -0.4 is 0 Å². The summed E-state index contributed by atoms with van der Waals surface area (Å²) in [7, 11) is 0. The van der Waals surface area contributed by atoms with Crippen molar-refractivity contribution in [2.45, 2.75) is 33.1 Å². The normalized spacial score (nSPS) is 12.5. The molecule has 2 nitrogen and oxygen atoms in total. The van der Waals surface area contributed by atoms with Gasteiger partial charge in [0.05, 0.1) is 0 Å². The van der Waals surface area contributed by atoms with Crippen LogP contribution >= 0.6 is 0 Å². The topological polar surface area (TPSA) is 25.5 Å². The molecule has 0 radical (unpaired) electrons. The minimum Gasteiger partial charge on any atom is -0.454 e. The molecule has 4 aromatic rings. The molecule has 0 saturated heterocycles. The molecule has 1 aromatic heterocycles. The predicted molar refractivity (Wildman–Crippen MR) is 111 cm³/mol. The number of hydrogen-bond acceptors (Lipinski definition) is 2. The molecule has 0 amide bonds. The van der Waals surface area contributed by atoms with Gasteiger partial charge in [0.1, 0.15) is 11.3 Å². The Morgan fingerprint density at radius 3 is 2.35 bits per heavy atom. The summed E-state index contributed by atoms with van der Waals surface area (Å²) in [5.41, 5.74) is 6.16. The van der Waals surface area contributed by atoms with Crippen molar-refractivity contribution in [3.8, 4) is 0 Å². The second-order valence-electron chi connectivity index (χ2n) is 7.55. The zero-order valence-electron chi connectivity index (χ0n) is 15.7. The minimum absolute atomic E-state index is 0.158. The molecule has 2 heteroatoms. The molecule has 0 aliphatic rings. The van der Waals surface area contributed by atoms with Crippen molar-refractivity contribution in [3.63, 3.8) is 0 Å². The zero-order chi connectivity index (χ0) is 18.3. The van der Waals surface area contributed by atoms with Crippen molar-refractivity contribution in [2.75, 3.05) is 0 Å². The highest BCUT2D eigenvalue weighted by Gasteiger charge is 2.19. The summed E-state index contributed by atoms with van der Waals surface area (Å²) in [6.07, 6.45) is 2.03. The van der Waals surface area contributed by atoms with E-state index in [1.807, 2.05) is 24.4 Å². The van der Waals surface area contributed by atoms with Gasteiger partial charge in [0.25, 0.3) is 0 Å². The summed E-state index contributed by atoms with van der Waals surface area (Å²) < 4.78 is 6.14. The lowest BCUT2D eigenvalue weighted by Gasteiger charge is -2.20. The number of furan rings is 1. The second kappa shape index (κ2) is 6.14. The fourth-order valence-electron chi connectivity index (χ4n) is 3.32. The highest BCUT2D eigenvalue weighted by molar-refractivity contribution is 6.09. The van der Waals surface area contributed by atoms with Crippen molar-refractivity contribution >= 4 is 33.8 Å². The first-order valence-corrected chi connectivity index (χ1v) is 8.99. The van der Waals surface area contributed by atoms with Gasteiger partial charge in [-0.1, -0.05) is 74.0 Å². The Kier molecular flexibility index (Phi) is 3.91. The summed E-state index contributed by atoms with van der Waals surface area (Å²) in [5, 5.41) is 2.25. The first-order chi connectivity index (χ1) is 12.5. The van der Waals surface area contributed by atoms with Gasteiger partial charge in [-0.15, -0.1) is 0 Å². The monoisotopic (exact) mass is 341 g/mol. The summed E-state index contributed by atoms with van der Waals surface area (Å²) >= 11 is 0. The molecule has 0 unspecified atom stereocenters. The van der Waals surface area contributed by atoms with Crippen molar-refractivity contribution < 1.29 is 4.42 Å². The maximum Gasteiger partial charge on any atom is 0.161 e. The van der Waals surface area contributed by atoms with Crippen LogP contribution in [-0.4, -0.2) is 6.21 Å². The van der Waals surface area contributed by atoms with Crippen LogP contribution in [0.1, 0.15) is 30.5 Å². The average molecular weight is 341 g/mol. The molecule has 130 valence electrons. The third-order valence-corrected chi connectivity index (χ3v) is 5.03. The smallest absolute Gasteiger partial charge is 0.161 e. The van der Waals surface area contributed by atoms with E-state index in [1.54, 1.807) is 0 Å². The quantitative estimate of drug-likeness (QED) is 0.373. The van der Waals surface area contributed by atoms with Crippen LogP contribution in [0.5, 0.6) is 0 Å². The van der Waals surface area contributed by atoms with Gasteiger partial charge in [-0.2, -0.15) is 0 Å². The van der Waals surface area contributed by atoms with E-state index in [0.717, 1.165) is 33.2 Å². The third kappa shape index (κ3) is 2.82. The van der Waals surface area contributed by atoms with Crippen LogP contribution in [0.25, 0.3) is 21.9 Å². The van der Waals surface area contributed by atoms with Crippen molar-refractivity contribution in [1.82, 2.24) is 0 Å². The Labute approximate surface area is 154 Å². The molecule has 3 aromatic carbocycles. The fraction of sp³-hybridized carbons (Fsp3) is 0.208. The lowest BCUT2D eigenvalue weighted by molar-refractivity contribution is 0.669. The Morgan fingerprint density at radius 2 is 1.58 bits per heavy atom. The lowest BCUT2D eigenvalue weighted by Crippen LogP contribution is -2.18. The van der Waals surface area contributed by atoms with E-state index in [2.05, 4.69) is 70.2 Å². The molecule has 1 heterocycles. The molecule has 0 atom stereocenters. The van der Waals surface area contributed by atoms with Crippen molar-refractivity contribution in [1.29, 1.82) is 0 Å². The Balaban J connectivity index is 1.82. The lowest BCUT2D eigenvalue weighted by atomic mass is 9.85. The van der Waals surface area contributed by atoms with Gasteiger partial charge in [-0.25, -0.2) is 0 Å². The van der Waals surface area contributed by atoms with E-state index in [1.165, 1.54) is 11.1 Å². The number of hydrogen-bond donors (Lipinski definition) is 0. The van der Waals surface area contributed by atoms with Crippen LogP contribution in [0.2, 0.25) is 0 Å². The van der Waals surface area contributed by atoms with E-state index in [0.29, 0.717) is 0 Å². The second-order valence-corrected chi connectivity index (χ2v) is 7.55. The fourth-order valence-corrected chi connectivity index (χ4v) is 3.32. The summed E-state index contributed by atoms with van der Waals surface area (Å²) in [4.78, 5) is 4.88. The number of fused-ring (bicyclic) bond motifs is 3. The number of para-hydroxylation sites is 1. The first kappa shape index (κ1) is 16.6. The van der Waals surface area contributed by atoms with Crippen molar-refractivity contribution in [2.24, 2.45) is 4.99 Å². The van der Waals surface area contributed by atoms with Gasteiger partial charge in [0.2, 0.25) is 0 Å². The van der Waals surface area contributed by atoms with E-state index < -0.39 is 0 Å². The van der Waals surface area contributed by atoms with Gasteiger partial charge in [-0.05, 0) is 31.0 Å². The van der Waals surface area contributed by atoms with E-state index in [-0.39, 0.29) is 5.41 Å². The number of aliphatic imine (C=N–C) groups is 1. The first-order valence-electron chi connectivity index (χ1n) is 8.99. The van der Waals surface area contributed by atoms with Gasteiger partial charge in [-0.3, -0.25) is 4.99 Å². The molecule has 4 rings (SSSR count). The standard InChI is InChI=1S/C24H23NO/c1-16-9-12-18(13-10-16)24(3,4)15-25-22-17(2)11-14-20-19-7-5-6-8-21(19)26-23(20)22/h5-15H,1-4H3. The number of benzene rings is 3. The highest BCUT2D eigenvalue weighted by Crippen LogP contribution is 2.37. The number of rotatable bonds is 3. The number of nitrogens with zero attached hydrogens (tertiary/aromatic N) is 1. The van der Waals surface area contributed by atoms with E-state index in [4.69, 9.17) is 9.41 Å². The molecule has 0 spiro atoms. The van der Waals surface area contributed by atoms with Gasteiger partial charge in [0, 0.05) is 22.4 Å². The summed E-state index contributed by atoms with van der Waals surface area (Å²) in [6.45, 7) is 8.57. The van der Waals surface area contributed by atoms with E-state index in [9.17, 15) is 0 Å². The van der Waals surface area contributed by atoms with Crippen LogP contribution in [-0.2, 0) is 5.41 Å². The van der Waals surface area contributed by atoms with Gasteiger partial charge >= 0.3 is 0 Å². The Bertz CT molecular complexity index is 1110. The SMILES string of the molecule is Cc1ccc(C(C)(C)C=Nc2c(C)ccc3c2oc2ccccc23)cc1. The summed E-state index contributed by atoms with van der Waals surface area (Å²) in [5.74, 6) is 0. The van der Waals surface area contributed by atoms with Gasteiger partial charge < -0.3 is 4.42 Å². The highest BCUT2D eigenvalue weighted by atomic mass is 16.3. The number of aryl methyl sites for hydroxylation is 2. The predicted octanol–water partition coefficient (Wildman–Crippen LogP) is 6.88. The van der Waals surface area contributed by atoms with E-state index >= 15 is 0 Å². The molecule has 0 saturated carbocycles. The average Bonchev–Trinajstić information content (AvgIpc) is 3.00. The molecular formula is C24H23NO. The third-order valence-electron chi connectivity index (χ3n) is 5.03. The molecule has 0 aliphatic heterocycles.